The number of carbonyl (C=O) groups is 3. The fourth-order valence-corrected chi connectivity index (χ4v) is 4.77. The Morgan fingerprint density at radius 3 is 2.30 bits per heavy atom. The van der Waals surface area contributed by atoms with Crippen LogP contribution in [0.25, 0.3) is 6.08 Å². The molecule has 1 aromatic heterocycles. The summed E-state index contributed by atoms with van der Waals surface area (Å²) in [6.45, 7) is 1.92. The lowest BCUT2D eigenvalue weighted by molar-refractivity contribution is -0.116. The van der Waals surface area contributed by atoms with Crippen LogP contribution in [0.15, 0.2) is 114 Å². The molecule has 0 radical (unpaired) electrons. The number of rotatable bonds is 10. The number of thioether (sulfide) groups is 1. The summed E-state index contributed by atoms with van der Waals surface area (Å²) in [5.74, 6) is -0.638. The Morgan fingerprint density at radius 2 is 1.62 bits per heavy atom. The number of hydrogen-bond acceptors (Lipinski definition) is 5. The smallest absolute Gasteiger partial charge is 0.272 e. The molecule has 0 saturated carbocycles. The Balaban J connectivity index is 1.48. The maximum atomic E-state index is 13.3. The predicted molar refractivity (Wildman–Crippen MR) is 161 cm³/mol. The maximum Gasteiger partial charge on any atom is 0.272 e. The molecule has 3 amide bonds. The number of aromatic nitrogens is 1. The van der Waals surface area contributed by atoms with Gasteiger partial charge in [-0.05, 0) is 60.5 Å². The number of nitrogens with zero attached hydrogens (tertiary/aromatic N) is 1. The second kappa shape index (κ2) is 14.1. The third-order valence-electron chi connectivity index (χ3n) is 5.65. The van der Waals surface area contributed by atoms with Crippen molar-refractivity contribution in [1.82, 2.24) is 10.3 Å². The van der Waals surface area contributed by atoms with Gasteiger partial charge in [0.05, 0.1) is 10.3 Å². The van der Waals surface area contributed by atoms with Crippen LogP contribution in [0.2, 0.25) is 5.02 Å². The Kier molecular flexibility index (Phi) is 10.1. The van der Waals surface area contributed by atoms with E-state index < -0.39 is 11.8 Å². The van der Waals surface area contributed by atoms with Crippen molar-refractivity contribution in [2.75, 3.05) is 10.6 Å². The van der Waals surface area contributed by atoms with Crippen molar-refractivity contribution in [2.24, 2.45) is 0 Å². The summed E-state index contributed by atoms with van der Waals surface area (Å²) in [5.41, 5.74) is 1.82. The fraction of sp³-hybridized carbons (Fsp3) is 0.0968. The van der Waals surface area contributed by atoms with Gasteiger partial charge in [0.25, 0.3) is 11.8 Å². The molecule has 1 heterocycles. The lowest BCUT2D eigenvalue weighted by atomic mass is 10.1. The van der Waals surface area contributed by atoms with Crippen molar-refractivity contribution >= 4 is 58.7 Å². The number of hydrogen-bond donors (Lipinski definition) is 3. The maximum absolute atomic E-state index is 13.3. The van der Waals surface area contributed by atoms with E-state index in [4.69, 9.17) is 11.6 Å². The lowest BCUT2D eigenvalue weighted by Gasteiger charge is -2.15. The third kappa shape index (κ3) is 8.30. The summed E-state index contributed by atoms with van der Waals surface area (Å²) in [7, 11) is 0. The number of amides is 3. The van der Waals surface area contributed by atoms with Gasteiger partial charge < -0.3 is 16.0 Å². The van der Waals surface area contributed by atoms with Crippen molar-refractivity contribution in [3.05, 3.63) is 125 Å². The first-order valence-electron chi connectivity index (χ1n) is 12.5. The Bertz CT molecular complexity index is 1500. The van der Waals surface area contributed by atoms with Crippen molar-refractivity contribution < 1.29 is 14.4 Å². The number of anilines is 2. The molecule has 9 heteroatoms. The summed E-state index contributed by atoms with van der Waals surface area (Å²) in [5, 5.41) is 8.51. The molecule has 0 aliphatic carbocycles. The molecular weight excluding hydrogens is 544 g/mol. The molecule has 0 saturated heterocycles. The van der Waals surface area contributed by atoms with Crippen molar-refractivity contribution in [1.29, 1.82) is 0 Å². The molecule has 4 aromatic rings. The molecule has 0 bridgehead atoms. The highest BCUT2D eigenvalue weighted by atomic mass is 35.5. The molecule has 3 N–H and O–H groups in total. The Hall–Kier alpha value is -4.40. The molecule has 1 unspecified atom stereocenters. The van der Waals surface area contributed by atoms with Crippen molar-refractivity contribution in [2.45, 2.75) is 23.5 Å². The molecule has 4 rings (SSSR count). The Labute approximate surface area is 242 Å². The van der Waals surface area contributed by atoms with Gasteiger partial charge in [0.15, 0.2) is 0 Å². The zero-order valence-corrected chi connectivity index (χ0v) is 23.2. The first-order chi connectivity index (χ1) is 19.4. The predicted octanol–water partition coefficient (Wildman–Crippen LogP) is 6.65. The second-order valence-corrected chi connectivity index (χ2v) is 10.3. The first-order valence-corrected chi connectivity index (χ1v) is 13.8. The van der Waals surface area contributed by atoms with E-state index in [1.807, 2.05) is 49.4 Å². The van der Waals surface area contributed by atoms with Crippen LogP contribution >= 0.6 is 23.4 Å². The normalized spacial score (nSPS) is 11.8. The highest BCUT2D eigenvalue weighted by molar-refractivity contribution is 8.00. The van der Waals surface area contributed by atoms with E-state index in [1.165, 1.54) is 18.0 Å². The SMILES string of the molecule is CCC(Sc1cccc(NC(=O)/C(=C/c2ccccc2)NC(=O)c2ccccc2)c1)C(=O)Nc1ccc(Cl)cn1. The van der Waals surface area contributed by atoms with Gasteiger partial charge in [0.2, 0.25) is 5.91 Å². The summed E-state index contributed by atoms with van der Waals surface area (Å²) >= 11 is 7.25. The number of halogens is 1. The molecule has 202 valence electrons. The average Bonchev–Trinajstić information content (AvgIpc) is 2.98. The highest BCUT2D eigenvalue weighted by Crippen LogP contribution is 2.28. The topological polar surface area (TPSA) is 100 Å². The number of nitrogens with one attached hydrogen (secondary N) is 3. The molecule has 0 fully saturated rings. The van der Waals surface area contributed by atoms with Crippen LogP contribution in [0.4, 0.5) is 11.5 Å². The van der Waals surface area contributed by atoms with Crippen LogP contribution in [0.5, 0.6) is 0 Å². The van der Waals surface area contributed by atoms with Gasteiger partial charge in [0, 0.05) is 22.3 Å². The third-order valence-corrected chi connectivity index (χ3v) is 7.23. The summed E-state index contributed by atoms with van der Waals surface area (Å²) in [4.78, 5) is 43.9. The molecule has 0 aliphatic rings. The Morgan fingerprint density at radius 1 is 0.900 bits per heavy atom. The van der Waals surface area contributed by atoms with Crippen LogP contribution in [-0.2, 0) is 9.59 Å². The second-order valence-electron chi connectivity index (χ2n) is 8.64. The monoisotopic (exact) mass is 570 g/mol. The minimum absolute atomic E-state index is 0.0967. The molecule has 0 aliphatic heterocycles. The van der Waals surface area contributed by atoms with Crippen LogP contribution in [0, 0.1) is 0 Å². The van der Waals surface area contributed by atoms with Gasteiger partial charge in [0.1, 0.15) is 11.5 Å². The highest BCUT2D eigenvalue weighted by Gasteiger charge is 2.20. The van der Waals surface area contributed by atoms with Crippen LogP contribution < -0.4 is 16.0 Å². The van der Waals surface area contributed by atoms with E-state index in [9.17, 15) is 14.4 Å². The van der Waals surface area contributed by atoms with E-state index in [1.54, 1.807) is 60.7 Å². The van der Waals surface area contributed by atoms with Crippen LogP contribution in [-0.4, -0.2) is 28.0 Å². The number of pyridine rings is 1. The van der Waals surface area contributed by atoms with Gasteiger partial charge in [-0.15, -0.1) is 11.8 Å². The van der Waals surface area contributed by atoms with Gasteiger partial charge in [-0.2, -0.15) is 0 Å². The van der Waals surface area contributed by atoms with E-state index in [0.29, 0.717) is 28.5 Å². The number of benzene rings is 3. The van der Waals surface area contributed by atoms with Crippen LogP contribution in [0.1, 0.15) is 29.3 Å². The van der Waals surface area contributed by atoms with Crippen LogP contribution in [0.3, 0.4) is 0 Å². The zero-order chi connectivity index (χ0) is 28.3. The van der Waals surface area contributed by atoms with E-state index >= 15 is 0 Å². The molecular formula is C31H27ClN4O3S. The lowest BCUT2D eigenvalue weighted by Crippen LogP contribution is -2.30. The average molecular weight is 571 g/mol. The summed E-state index contributed by atoms with van der Waals surface area (Å²) < 4.78 is 0. The first kappa shape index (κ1) is 28.6. The van der Waals surface area contributed by atoms with Gasteiger partial charge in [-0.3, -0.25) is 14.4 Å². The van der Waals surface area contributed by atoms with Gasteiger partial charge in [-0.1, -0.05) is 73.1 Å². The quantitative estimate of drug-likeness (QED) is 0.146. The fourth-order valence-electron chi connectivity index (χ4n) is 3.65. The molecule has 0 spiro atoms. The zero-order valence-electron chi connectivity index (χ0n) is 21.6. The minimum atomic E-state index is -0.478. The van der Waals surface area contributed by atoms with E-state index in [0.717, 1.165) is 10.5 Å². The van der Waals surface area contributed by atoms with Crippen molar-refractivity contribution in [3.63, 3.8) is 0 Å². The summed E-state index contributed by atoms with van der Waals surface area (Å²) in [6, 6.07) is 28.5. The van der Waals surface area contributed by atoms with Gasteiger partial charge in [-0.25, -0.2) is 4.98 Å². The molecule has 1 atom stereocenters. The largest absolute Gasteiger partial charge is 0.321 e. The van der Waals surface area contributed by atoms with Gasteiger partial charge >= 0.3 is 0 Å². The molecule has 40 heavy (non-hydrogen) atoms. The summed E-state index contributed by atoms with van der Waals surface area (Å²) in [6.07, 6.45) is 3.67. The standard InChI is InChI=1S/C31H27ClN4O3S/c1-2-27(31(39)36-28-17-16-23(32)20-33-28)40-25-15-9-14-24(19-25)34-30(38)26(18-21-10-5-3-6-11-21)35-29(37)22-12-7-4-8-13-22/h3-20,27H,2H2,1H3,(H,34,38)(H,35,37)(H,33,36,39)/b26-18-. The van der Waals surface area contributed by atoms with Crippen molar-refractivity contribution in [3.8, 4) is 0 Å². The minimum Gasteiger partial charge on any atom is -0.321 e. The van der Waals surface area contributed by atoms with E-state index in [-0.39, 0.29) is 16.9 Å². The molecule has 3 aromatic carbocycles. The molecule has 7 nitrogen and oxygen atoms in total. The van der Waals surface area contributed by atoms with E-state index in [2.05, 4.69) is 20.9 Å². The number of carbonyl (C=O) groups excluding carboxylic acids is 3.